The van der Waals surface area contributed by atoms with Crippen LogP contribution >= 0.6 is 0 Å². The number of nitrogens with one attached hydrogen (secondary N) is 1. The van der Waals surface area contributed by atoms with Gasteiger partial charge in [0.15, 0.2) is 11.5 Å². The Morgan fingerprint density at radius 3 is 2.90 bits per heavy atom. The van der Waals surface area contributed by atoms with E-state index in [1.807, 2.05) is 25.1 Å². The smallest absolute Gasteiger partial charge is 0.161 e. The summed E-state index contributed by atoms with van der Waals surface area (Å²) in [7, 11) is 0. The van der Waals surface area contributed by atoms with Gasteiger partial charge in [0.25, 0.3) is 0 Å². The van der Waals surface area contributed by atoms with Crippen molar-refractivity contribution in [2.75, 3.05) is 6.61 Å². The average molecular weight is 283 g/mol. The molecule has 0 fully saturated rings. The van der Waals surface area contributed by atoms with E-state index < -0.39 is 6.04 Å². The summed E-state index contributed by atoms with van der Waals surface area (Å²) in [6.07, 6.45) is 1.71. The topological polar surface area (TPSA) is 78.2 Å². The van der Waals surface area contributed by atoms with Crippen molar-refractivity contribution in [3.8, 4) is 17.6 Å². The molecule has 2 N–H and O–H groups in total. The van der Waals surface area contributed by atoms with E-state index in [-0.39, 0.29) is 5.75 Å². The molecule has 0 bridgehead atoms. The van der Waals surface area contributed by atoms with Crippen LogP contribution in [0, 0.1) is 11.3 Å². The van der Waals surface area contributed by atoms with Crippen molar-refractivity contribution < 1.29 is 9.84 Å². The summed E-state index contributed by atoms with van der Waals surface area (Å²) in [5.74, 6) is 0.455. The van der Waals surface area contributed by atoms with E-state index in [9.17, 15) is 10.4 Å². The van der Waals surface area contributed by atoms with Crippen molar-refractivity contribution in [2.45, 2.75) is 19.5 Å². The van der Waals surface area contributed by atoms with E-state index in [0.29, 0.717) is 18.9 Å². The highest BCUT2D eigenvalue weighted by Gasteiger charge is 2.13. The monoisotopic (exact) mass is 283 g/mol. The van der Waals surface area contributed by atoms with Gasteiger partial charge in [-0.05, 0) is 36.8 Å². The fourth-order valence-corrected chi connectivity index (χ4v) is 1.93. The first kappa shape index (κ1) is 14.8. The Morgan fingerprint density at radius 2 is 2.24 bits per heavy atom. The number of phenolic OH excluding ortho intramolecular Hbond substituents is 1. The molecule has 1 atom stereocenters. The second-order valence-corrected chi connectivity index (χ2v) is 4.42. The van der Waals surface area contributed by atoms with Crippen molar-refractivity contribution in [3.63, 3.8) is 0 Å². The van der Waals surface area contributed by atoms with Crippen LogP contribution in [0.4, 0.5) is 0 Å². The summed E-state index contributed by atoms with van der Waals surface area (Å²) in [6, 6.07) is 12.3. The minimum atomic E-state index is -0.494. The van der Waals surface area contributed by atoms with Crippen molar-refractivity contribution in [3.05, 3.63) is 53.9 Å². The molecule has 0 saturated carbocycles. The lowest BCUT2D eigenvalue weighted by Gasteiger charge is -2.14. The summed E-state index contributed by atoms with van der Waals surface area (Å²) in [5, 5.41) is 22.1. The van der Waals surface area contributed by atoms with Gasteiger partial charge in [-0.1, -0.05) is 12.1 Å². The summed E-state index contributed by atoms with van der Waals surface area (Å²) < 4.78 is 5.34. The number of aromatic hydroxyl groups is 1. The molecule has 1 unspecified atom stereocenters. The number of ether oxygens (including phenoxy) is 1. The SMILES string of the molecule is CCOc1cc(C(C#N)NCc2ccccn2)ccc1O. The summed E-state index contributed by atoms with van der Waals surface area (Å²) in [6.45, 7) is 2.78. The molecule has 2 rings (SSSR count). The van der Waals surface area contributed by atoms with E-state index in [0.717, 1.165) is 11.3 Å². The maximum Gasteiger partial charge on any atom is 0.161 e. The zero-order valence-corrected chi connectivity index (χ0v) is 11.8. The number of benzene rings is 1. The van der Waals surface area contributed by atoms with Gasteiger partial charge in [-0.15, -0.1) is 0 Å². The van der Waals surface area contributed by atoms with Crippen LogP contribution in [0.5, 0.6) is 11.5 Å². The second kappa shape index (κ2) is 7.27. The Balaban J connectivity index is 2.10. The normalized spacial score (nSPS) is 11.6. The maximum absolute atomic E-state index is 9.69. The zero-order valence-electron chi connectivity index (χ0n) is 11.8. The van der Waals surface area contributed by atoms with Crippen LogP contribution in [-0.2, 0) is 6.54 Å². The third-order valence-corrected chi connectivity index (χ3v) is 2.96. The lowest BCUT2D eigenvalue weighted by molar-refractivity contribution is 0.317. The Hall–Kier alpha value is -2.58. The fourth-order valence-electron chi connectivity index (χ4n) is 1.93. The van der Waals surface area contributed by atoms with Crippen LogP contribution in [0.25, 0.3) is 0 Å². The molecule has 0 aliphatic carbocycles. The molecular weight excluding hydrogens is 266 g/mol. The molecule has 21 heavy (non-hydrogen) atoms. The molecular formula is C16H17N3O2. The quantitative estimate of drug-likeness (QED) is 0.851. The molecule has 0 aliphatic heterocycles. The first-order valence-electron chi connectivity index (χ1n) is 6.73. The van der Waals surface area contributed by atoms with Gasteiger partial charge in [0.1, 0.15) is 6.04 Å². The lowest BCUT2D eigenvalue weighted by Crippen LogP contribution is -2.20. The fraction of sp³-hybridized carbons (Fsp3) is 0.250. The first-order chi connectivity index (χ1) is 10.2. The van der Waals surface area contributed by atoms with Gasteiger partial charge in [-0.3, -0.25) is 10.3 Å². The van der Waals surface area contributed by atoms with Gasteiger partial charge in [0.05, 0.1) is 18.4 Å². The Labute approximate surface area is 123 Å². The Bertz CT molecular complexity index is 623. The van der Waals surface area contributed by atoms with Gasteiger partial charge in [-0.2, -0.15) is 5.26 Å². The van der Waals surface area contributed by atoms with E-state index in [2.05, 4.69) is 16.4 Å². The summed E-state index contributed by atoms with van der Waals surface area (Å²) in [5.41, 5.74) is 1.61. The van der Waals surface area contributed by atoms with Crippen molar-refractivity contribution in [1.29, 1.82) is 5.26 Å². The van der Waals surface area contributed by atoms with Gasteiger partial charge >= 0.3 is 0 Å². The predicted molar refractivity (Wildman–Crippen MR) is 78.7 cm³/mol. The molecule has 108 valence electrons. The lowest BCUT2D eigenvalue weighted by atomic mass is 10.1. The highest BCUT2D eigenvalue weighted by atomic mass is 16.5. The second-order valence-electron chi connectivity index (χ2n) is 4.42. The third kappa shape index (κ3) is 3.94. The van der Waals surface area contributed by atoms with Crippen molar-refractivity contribution >= 4 is 0 Å². The molecule has 0 saturated heterocycles. The largest absolute Gasteiger partial charge is 0.504 e. The molecule has 5 heteroatoms. The number of hydrogen-bond acceptors (Lipinski definition) is 5. The van der Waals surface area contributed by atoms with E-state index >= 15 is 0 Å². The highest BCUT2D eigenvalue weighted by Crippen LogP contribution is 2.29. The Morgan fingerprint density at radius 1 is 1.38 bits per heavy atom. The van der Waals surface area contributed by atoms with Crippen LogP contribution in [0.3, 0.4) is 0 Å². The molecule has 1 aromatic heterocycles. The van der Waals surface area contributed by atoms with Crippen LogP contribution in [0.1, 0.15) is 24.2 Å². The Kier molecular flexibility index (Phi) is 5.13. The van der Waals surface area contributed by atoms with Crippen molar-refractivity contribution in [2.24, 2.45) is 0 Å². The zero-order chi connectivity index (χ0) is 15.1. The number of rotatable bonds is 6. The molecule has 0 radical (unpaired) electrons. The third-order valence-electron chi connectivity index (χ3n) is 2.96. The van der Waals surface area contributed by atoms with Crippen LogP contribution in [-0.4, -0.2) is 16.7 Å². The van der Waals surface area contributed by atoms with Crippen molar-refractivity contribution in [1.82, 2.24) is 10.3 Å². The van der Waals surface area contributed by atoms with Crippen LogP contribution in [0.15, 0.2) is 42.6 Å². The first-order valence-corrected chi connectivity index (χ1v) is 6.73. The maximum atomic E-state index is 9.69. The summed E-state index contributed by atoms with van der Waals surface area (Å²) >= 11 is 0. The highest BCUT2D eigenvalue weighted by molar-refractivity contribution is 5.43. The van der Waals surface area contributed by atoms with E-state index in [4.69, 9.17) is 4.74 Å². The number of aromatic nitrogens is 1. The minimum Gasteiger partial charge on any atom is -0.504 e. The molecule has 5 nitrogen and oxygen atoms in total. The van der Waals surface area contributed by atoms with Crippen LogP contribution in [0.2, 0.25) is 0 Å². The molecule has 1 aromatic carbocycles. The number of nitrogens with zero attached hydrogens (tertiary/aromatic N) is 2. The minimum absolute atomic E-state index is 0.0713. The summed E-state index contributed by atoms with van der Waals surface area (Å²) in [4.78, 5) is 4.20. The number of nitriles is 1. The molecule has 0 spiro atoms. The number of hydrogen-bond donors (Lipinski definition) is 2. The average Bonchev–Trinajstić information content (AvgIpc) is 2.52. The predicted octanol–water partition coefficient (Wildman–Crippen LogP) is 2.54. The molecule has 0 aliphatic rings. The van der Waals surface area contributed by atoms with E-state index in [1.165, 1.54) is 6.07 Å². The number of pyridine rings is 1. The van der Waals surface area contributed by atoms with Gasteiger partial charge in [0, 0.05) is 12.7 Å². The van der Waals surface area contributed by atoms with Gasteiger partial charge in [0.2, 0.25) is 0 Å². The molecule has 1 heterocycles. The van der Waals surface area contributed by atoms with Gasteiger partial charge < -0.3 is 9.84 Å². The van der Waals surface area contributed by atoms with Gasteiger partial charge in [-0.25, -0.2) is 0 Å². The standard InChI is InChI=1S/C16H17N3O2/c1-2-21-16-9-12(6-7-15(16)20)14(10-17)19-11-13-5-3-4-8-18-13/h3-9,14,19-20H,2,11H2,1H3. The van der Waals surface area contributed by atoms with E-state index in [1.54, 1.807) is 18.3 Å². The van der Waals surface area contributed by atoms with Crippen LogP contribution < -0.4 is 10.1 Å². The number of phenols is 1. The molecule has 0 amide bonds. The molecule has 2 aromatic rings.